The molecule has 6 fully saturated rings. The fraction of sp³-hybridized carbons (Fsp3) is 0.923. The highest BCUT2D eigenvalue weighted by molar-refractivity contribution is 5.87. The molecule has 7 aliphatic rings. The van der Waals surface area contributed by atoms with E-state index in [4.69, 9.17) is 90.0 Å². The van der Waals surface area contributed by atoms with Crippen LogP contribution >= 0.6 is 0 Å². The van der Waals surface area contributed by atoms with Crippen LogP contribution in [0.25, 0.3) is 0 Å². The average molecular weight is 2050 g/mol. The number of carbonyl (C=O) groups is 6. The molecule has 24 atom stereocenters. The van der Waals surface area contributed by atoms with Crippen LogP contribution in [-0.4, -0.2) is 403 Å². The summed E-state index contributed by atoms with van der Waals surface area (Å²) < 4.78 is 108. The van der Waals surface area contributed by atoms with Gasteiger partial charge in [0.15, 0.2) is 18.9 Å². The number of rotatable bonds is 82. The van der Waals surface area contributed by atoms with Gasteiger partial charge in [-0.1, -0.05) is 86.3 Å². The first-order chi connectivity index (χ1) is 69.1. The number of aliphatic hydroxyl groups excluding tert-OH is 9. The van der Waals surface area contributed by atoms with Crippen molar-refractivity contribution >= 4 is 35.5 Å². The van der Waals surface area contributed by atoms with E-state index in [1.807, 2.05) is 0 Å². The summed E-state index contributed by atoms with van der Waals surface area (Å²) in [5.74, 6) is 1.60. The third-order valence-corrected chi connectivity index (χ3v) is 29.6. The SMILES string of the molecule is CC(C)CCC[C@@H](C)C1CCC2C3CC=C4C[C@@H](OC(=O)CCCOCCOCCOCCOCCOCCOCCOCCOCCOCCOCCOCCOCCC(=O)NC(CCCCNC(=O)CCCCOC5OC(CO)C(O)C(O)C5C)C(=O)N(CCCNC(=O)CCCCOC5OC(CO)C(O)C(O)C5C)CCCNC(=O)CCCCOC5OC(CO)C(O)C(O)C5C)CC[C@]4(C)C3CC[C@@]21C. The summed E-state index contributed by atoms with van der Waals surface area (Å²) in [6.45, 7) is 26.9. The second kappa shape index (κ2) is 72.9. The monoisotopic (exact) mass is 2050 g/mol. The number of hydrogen-bond acceptors (Lipinski definition) is 34. The van der Waals surface area contributed by atoms with Crippen molar-refractivity contribution in [1.82, 2.24) is 26.2 Å². The number of esters is 1. The van der Waals surface area contributed by atoms with Crippen molar-refractivity contribution in [2.75, 3.05) is 231 Å². The molecule has 0 bridgehead atoms. The topological polar surface area (TPSA) is 511 Å². The normalized spacial score (nSPS) is 28.4. The first kappa shape index (κ1) is 125. The van der Waals surface area contributed by atoms with E-state index in [1.54, 1.807) is 31.2 Å². The molecule has 3 saturated heterocycles. The Bertz CT molecular complexity index is 3350. The Morgan fingerprint density at radius 3 is 1.19 bits per heavy atom. The molecule has 0 radical (unpaired) electrons. The number of nitrogens with zero attached hydrogens (tertiary/aromatic N) is 1. The van der Waals surface area contributed by atoms with Gasteiger partial charge in [0.2, 0.25) is 29.5 Å². The fourth-order valence-corrected chi connectivity index (χ4v) is 21.0. The van der Waals surface area contributed by atoms with Crippen LogP contribution in [0.1, 0.15) is 235 Å². The molecule has 20 unspecified atom stereocenters. The van der Waals surface area contributed by atoms with Crippen LogP contribution in [0.3, 0.4) is 0 Å². The van der Waals surface area contributed by atoms with E-state index in [9.17, 15) is 74.7 Å². The van der Waals surface area contributed by atoms with E-state index >= 15 is 0 Å². The van der Waals surface area contributed by atoms with Gasteiger partial charge in [-0.15, -0.1) is 0 Å². The van der Waals surface area contributed by atoms with Gasteiger partial charge in [0.1, 0.15) is 48.8 Å². The summed E-state index contributed by atoms with van der Waals surface area (Å²) in [5.41, 5.74) is 2.28. The van der Waals surface area contributed by atoms with Gasteiger partial charge in [-0.05, 0) is 168 Å². The summed E-state index contributed by atoms with van der Waals surface area (Å²) in [4.78, 5) is 82.1. The molecule has 3 aliphatic heterocycles. The summed E-state index contributed by atoms with van der Waals surface area (Å²) in [6, 6.07) is -1.00. The predicted molar refractivity (Wildman–Crippen MR) is 527 cm³/mol. The molecule has 0 aromatic rings. The maximum Gasteiger partial charge on any atom is 0.306 e. The Morgan fingerprint density at radius 2 is 0.790 bits per heavy atom. The van der Waals surface area contributed by atoms with E-state index in [0.717, 1.165) is 54.8 Å². The van der Waals surface area contributed by atoms with E-state index in [1.165, 1.54) is 51.4 Å². The molecule has 0 aromatic carbocycles. The van der Waals surface area contributed by atoms with Crippen molar-refractivity contribution in [3.8, 4) is 0 Å². The quantitative estimate of drug-likeness (QED) is 0.0197. The Morgan fingerprint density at radius 1 is 0.399 bits per heavy atom. The van der Waals surface area contributed by atoms with E-state index in [-0.39, 0.29) is 146 Å². The second-order valence-corrected chi connectivity index (χ2v) is 40.7. The Balaban J connectivity index is 0.669. The number of fused-ring (bicyclic) bond motifs is 5. The van der Waals surface area contributed by atoms with Crippen molar-refractivity contribution in [2.45, 2.75) is 321 Å². The Labute approximate surface area is 850 Å². The number of unbranched alkanes of at least 4 members (excludes halogenated alkanes) is 4. The van der Waals surface area contributed by atoms with Crippen LogP contribution in [-0.2, 0) is 119 Å². The van der Waals surface area contributed by atoms with Crippen molar-refractivity contribution in [3.63, 3.8) is 0 Å². The molecule has 5 amide bonds. The third kappa shape index (κ3) is 46.3. The van der Waals surface area contributed by atoms with Crippen molar-refractivity contribution in [2.24, 2.45) is 64.1 Å². The Hall–Kier alpha value is -4.52. The van der Waals surface area contributed by atoms with Crippen LogP contribution in [0.2, 0.25) is 0 Å². The number of nitrogens with one attached hydrogen (secondary N) is 4. The molecule has 832 valence electrons. The molecule has 7 rings (SSSR count). The lowest BCUT2D eigenvalue weighted by Crippen LogP contribution is -2.55. The van der Waals surface area contributed by atoms with Gasteiger partial charge in [0.05, 0.1) is 190 Å². The highest BCUT2D eigenvalue weighted by Crippen LogP contribution is 2.67. The van der Waals surface area contributed by atoms with E-state index < -0.39 is 123 Å². The predicted octanol–water partition coefficient (Wildman–Crippen LogP) is 5.71. The highest BCUT2D eigenvalue weighted by atomic mass is 16.7. The van der Waals surface area contributed by atoms with Crippen LogP contribution < -0.4 is 21.3 Å². The molecule has 39 heteroatoms. The third-order valence-electron chi connectivity index (χ3n) is 29.6. The smallest absolute Gasteiger partial charge is 0.306 e. The first-order valence-corrected chi connectivity index (χ1v) is 54.1. The van der Waals surface area contributed by atoms with Crippen LogP contribution in [0, 0.1) is 64.1 Å². The Kier molecular flexibility index (Phi) is 63.9. The van der Waals surface area contributed by atoms with Crippen LogP contribution in [0.4, 0.5) is 0 Å². The summed E-state index contributed by atoms with van der Waals surface area (Å²) in [7, 11) is 0. The van der Waals surface area contributed by atoms with Gasteiger partial charge >= 0.3 is 5.97 Å². The molecule has 4 aliphatic carbocycles. The molecule has 0 spiro atoms. The standard InChI is InChI=1S/C104H187N5O34/c1-73(2)21-17-22-74(3)81-30-31-82-80-29-28-78-69-79(32-35-103(78,7)83(80)33-36-104(81,82)8)140-92(117)27-18-42-125-47-49-127-51-53-129-55-57-131-59-61-133-63-65-135-67-68-136-66-64-134-62-60-132-58-56-130-54-52-128-50-48-126-46-34-91(116)108-84(23-9-13-37-105-88(113)24-10-14-43-137-100-75(4)93(118)96(121)85(70-110)141-100)99(124)109(40-19-38-106-89(114)25-11-15-44-138-101-76(5)94(119)97(122)86(71-111)142-101)41-20-39-107-90(115)26-12-16-45-139-102-77(6)95(120)98(123)87(72-112)143-102/h28,73-77,79-87,93-98,100-102,110-112,118-123H,9-27,29-72H2,1-8H3,(H,105,113)(H,106,114)(H,107,115)(H,108,116)/t74-,75?,76?,77?,79+,80?,81?,82?,83?,84?,85?,86?,87?,93?,94?,95?,96?,97?,98?,100?,101?,102?,103+,104-/m1/s1. The zero-order valence-corrected chi connectivity index (χ0v) is 87.6. The summed E-state index contributed by atoms with van der Waals surface area (Å²) in [6.07, 6.45) is 9.67. The minimum absolute atomic E-state index is 0.0204. The molecule has 13 N–H and O–H groups in total. The highest BCUT2D eigenvalue weighted by Gasteiger charge is 2.60. The van der Waals surface area contributed by atoms with Crippen molar-refractivity contribution in [1.29, 1.82) is 0 Å². The lowest BCUT2D eigenvalue weighted by atomic mass is 9.47. The average Bonchev–Trinajstić information content (AvgIpc) is 1.57. The van der Waals surface area contributed by atoms with Crippen molar-refractivity contribution < 1.29 is 165 Å². The molecular weight excluding hydrogens is 1860 g/mol. The number of aliphatic hydroxyl groups is 9. The zero-order chi connectivity index (χ0) is 103. The molecule has 3 heterocycles. The van der Waals surface area contributed by atoms with Gasteiger partial charge in [0, 0.05) is 115 Å². The van der Waals surface area contributed by atoms with Crippen LogP contribution in [0.15, 0.2) is 11.6 Å². The van der Waals surface area contributed by atoms with E-state index in [2.05, 4.69) is 62.0 Å². The maximum absolute atomic E-state index is 14.8. The maximum atomic E-state index is 14.8. The summed E-state index contributed by atoms with van der Waals surface area (Å²) >= 11 is 0. The fourth-order valence-electron chi connectivity index (χ4n) is 21.0. The lowest BCUT2D eigenvalue weighted by Gasteiger charge is -2.58. The number of allylic oxidation sites excluding steroid dienone is 1. The minimum Gasteiger partial charge on any atom is -0.462 e. The number of amides is 5. The minimum atomic E-state index is -1.26. The molecule has 39 nitrogen and oxygen atoms in total. The number of hydrogen-bond donors (Lipinski definition) is 13. The van der Waals surface area contributed by atoms with Crippen molar-refractivity contribution in [3.05, 3.63) is 11.6 Å². The molecule has 0 aromatic heterocycles. The molecule has 3 saturated carbocycles. The van der Waals surface area contributed by atoms with Gasteiger partial charge in [-0.25, -0.2) is 0 Å². The number of carbonyl (C=O) groups excluding carboxylic acids is 6. The van der Waals surface area contributed by atoms with Gasteiger partial charge in [-0.3, -0.25) is 28.8 Å². The largest absolute Gasteiger partial charge is 0.462 e. The molecular formula is C104H187N5O34. The second-order valence-electron chi connectivity index (χ2n) is 40.7. The van der Waals surface area contributed by atoms with Gasteiger partial charge < -0.3 is 162 Å². The van der Waals surface area contributed by atoms with Gasteiger partial charge in [-0.2, -0.15) is 0 Å². The first-order valence-electron chi connectivity index (χ1n) is 54.1. The lowest BCUT2D eigenvalue weighted by molar-refractivity contribution is -0.282. The van der Waals surface area contributed by atoms with E-state index in [0.29, 0.717) is 221 Å². The number of ether oxygens (including phenoxy) is 19. The molecule has 143 heavy (non-hydrogen) atoms. The summed E-state index contributed by atoms with van der Waals surface area (Å²) in [5, 5.41) is 102. The van der Waals surface area contributed by atoms with Gasteiger partial charge in [0.25, 0.3) is 0 Å². The zero-order valence-electron chi connectivity index (χ0n) is 87.6. The van der Waals surface area contributed by atoms with Crippen LogP contribution in [0.5, 0.6) is 0 Å².